The first-order valence-corrected chi connectivity index (χ1v) is 8.17. The molecule has 0 aliphatic heterocycles. The van der Waals surface area contributed by atoms with E-state index in [2.05, 4.69) is 0 Å². The van der Waals surface area contributed by atoms with E-state index in [1.54, 1.807) is 48.5 Å². The molecule has 24 heavy (non-hydrogen) atoms. The van der Waals surface area contributed by atoms with Crippen LogP contribution >= 0.6 is 0 Å². The number of nitrogen functional groups attached to an aromatic ring is 1. The number of benzene rings is 3. The fourth-order valence-electron chi connectivity index (χ4n) is 2.58. The van der Waals surface area contributed by atoms with Crippen molar-refractivity contribution in [1.29, 1.82) is 0 Å². The van der Waals surface area contributed by atoms with Crippen LogP contribution in [-0.2, 0) is 10.1 Å². The molecule has 2 N–H and O–H groups in total. The maximum Gasteiger partial charge on any atom is 1.00 e. The number of fused-ring (bicyclic) bond motifs is 1. The van der Waals surface area contributed by atoms with Gasteiger partial charge in [0.1, 0.15) is 10.1 Å². The van der Waals surface area contributed by atoms with Gasteiger partial charge in [-0.3, -0.25) is 4.79 Å². The molecule has 0 heterocycles. The van der Waals surface area contributed by atoms with Crippen molar-refractivity contribution in [3.05, 3.63) is 71.8 Å². The van der Waals surface area contributed by atoms with Crippen molar-refractivity contribution in [3.63, 3.8) is 0 Å². The second-order valence-corrected chi connectivity index (χ2v) is 6.35. The van der Waals surface area contributed by atoms with E-state index in [-0.39, 0.29) is 52.0 Å². The van der Waals surface area contributed by atoms with Crippen LogP contribution < -0.4 is 35.3 Å². The average molecular weight is 349 g/mol. The predicted molar refractivity (Wildman–Crippen MR) is 86.2 cm³/mol. The van der Waals surface area contributed by atoms with Crippen molar-refractivity contribution in [1.82, 2.24) is 0 Å². The summed E-state index contributed by atoms with van der Waals surface area (Å²) in [5.74, 6) is -0.289. The van der Waals surface area contributed by atoms with Crippen LogP contribution in [0.15, 0.2) is 65.6 Å². The minimum Gasteiger partial charge on any atom is -0.744 e. The number of anilines is 1. The molecule has 7 heteroatoms. The van der Waals surface area contributed by atoms with Crippen molar-refractivity contribution in [2.75, 3.05) is 5.73 Å². The number of hydrogen-bond acceptors (Lipinski definition) is 5. The molecule has 0 saturated carbocycles. The Hall–Kier alpha value is -1.70. The van der Waals surface area contributed by atoms with E-state index in [9.17, 15) is 17.8 Å². The van der Waals surface area contributed by atoms with Crippen molar-refractivity contribution in [3.8, 4) is 0 Å². The molecule has 0 aliphatic rings. The van der Waals surface area contributed by atoms with Crippen LogP contribution in [0, 0.1) is 0 Å². The summed E-state index contributed by atoms with van der Waals surface area (Å²) in [4.78, 5) is 12.2. The number of hydrogen-bond donors (Lipinski definition) is 1. The molecule has 3 rings (SSSR count). The summed E-state index contributed by atoms with van der Waals surface area (Å²) in [6.07, 6.45) is 0. The SMILES string of the molecule is Nc1cc(C(=O)c2ccccc2)c2ccccc2c1S(=O)(=O)[O-].[Na+]. The van der Waals surface area contributed by atoms with Crippen LogP contribution in [0.2, 0.25) is 0 Å². The minimum atomic E-state index is -4.75. The molecule has 0 atom stereocenters. The van der Waals surface area contributed by atoms with Gasteiger partial charge in [-0.15, -0.1) is 0 Å². The molecule has 0 saturated heterocycles. The third-order valence-corrected chi connectivity index (χ3v) is 4.51. The molecule has 0 radical (unpaired) electrons. The smallest absolute Gasteiger partial charge is 0.744 e. The number of ketones is 1. The van der Waals surface area contributed by atoms with E-state index < -0.39 is 15.0 Å². The quantitative estimate of drug-likeness (QED) is 0.299. The van der Waals surface area contributed by atoms with Crippen LogP contribution in [-0.4, -0.2) is 18.8 Å². The van der Waals surface area contributed by atoms with Gasteiger partial charge in [-0.1, -0.05) is 54.6 Å². The van der Waals surface area contributed by atoms with Gasteiger partial charge in [0, 0.05) is 16.5 Å². The first-order valence-electron chi connectivity index (χ1n) is 6.76. The fraction of sp³-hybridized carbons (Fsp3) is 0. The van der Waals surface area contributed by atoms with Gasteiger partial charge in [-0.05, 0) is 11.5 Å². The molecular formula is C17H12NNaO4S. The summed E-state index contributed by atoms with van der Waals surface area (Å²) in [6, 6.07) is 16.1. The van der Waals surface area contributed by atoms with E-state index in [1.165, 1.54) is 12.1 Å². The van der Waals surface area contributed by atoms with Crippen LogP contribution in [0.1, 0.15) is 15.9 Å². The monoisotopic (exact) mass is 349 g/mol. The molecule has 116 valence electrons. The topological polar surface area (TPSA) is 100 Å². The summed E-state index contributed by atoms with van der Waals surface area (Å²) in [6.45, 7) is 0. The zero-order valence-electron chi connectivity index (χ0n) is 12.9. The molecule has 3 aromatic carbocycles. The number of rotatable bonds is 3. The summed E-state index contributed by atoms with van der Waals surface area (Å²) in [7, 11) is -4.75. The maximum atomic E-state index is 12.7. The van der Waals surface area contributed by atoms with E-state index in [0.29, 0.717) is 10.9 Å². The molecule has 0 aliphatic carbocycles. The number of nitrogens with two attached hydrogens (primary N) is 1. The largest absolute Gasteiger partial charge is 1.00 e. The predicted octanol–water partition coefficient (Wildman–Crippen LogP) is -0.439. The second kappa shape index (κ2) is 7.04. The Morgan fingerprint density at radius 1 is 0.917 bits per heavy atom. The van der Waals surface area contributed by atoms with E-state index in [1.807, 2.05) is 0 Å². The van der Waals surface area contributed by atoms with Gasteiger partial charge in [0.15, 0.2) is 5.78 Å². The maximum absolute atomic E-state index is 12.7. The number of carbonyl (C=O) groups excluding carboxylic acids is 1. The molecule has 0 unspecified atom stereocenters. The molecule has 5 nitrogen and oxygen atoms in total. The Kier molecular flexibility index (Phi) is 5.47. The summed E-state index contributed by atoms with van der Waals surface area (Å²) < 4.78 is 34.5. The molecule has 0 spiro atoms. The standard InChI is InChI=1S/C17H13NO4S.Na/c18-15-10-14(16(19)11-6-2-1-3-7-11)12-8-4-5-9-13(12)17(15)23(20,21)22;/h1-10H,18H2,(H,20,21,22);/q;+1/p-1. The Labute approximate surface area is 161 Å². The molecule has 0 bridgehead atoms. The number of carbonyl (C=O) groups is 1. The minimum absolute atomic E-state index is 0. The van der Waals surface area contributed by atoms with Crippen LogP contribution in [0.25, 0.3) is 10.8 Å². The molecule has 3 aromatic rings. The first-order chi connectivity index (χ1) is 10.9. The van der Waals surface area contributed by atoms with E-state index in [4.69, 9.17) is 5.73 Å². The van der Waals surface area contributed by atoms with E-state index >= 15 is 0 Å². The second-order valence-electron chi connectivity index (χ2n) is 5.04. The zero-order chi connectivity index (χ0) is 16.6. The van der Waals surface area contributed by atoms with Gasteiger partial charge in [0.05, 0.1) is 10.6 Å². The third kappa shape index (κ3) is 3.38. The first kappa shape index (κ1) is 18.6. The van der Waals surface area contributed by atoms with Gasteiger partial charge in [-0.2, -0.15) is 0 Å². The average Bonchev–Trinajstić information content (AvgIpc) is 2.53. The molecule has 0 fully saturated rings. The van der Waals surface area contributed by atoms with Gasteiger partial charge >= 0.3 is 29.6 Å². The third-order valence-electron chi connectivity index (χ3n) is 3.55. The van der Waals surface area contributed by atoms with Gasteiger partial charge < -0.3 is 10.3 Å². The molecule has 0 amide bonds. The van der Waals surface area contributed by atoms with Crippen molar-refractivity contribution >= 4 is 32.4 Å². The fourth-order valence-corrected chi connectivity index (χ4v) is 3.38. The van der Waals surface area contributed by atoms with Gasteiger partial charge in [0.2, 0.25) is 0 Å². The van der Waals surface area contributed by atoms with E-state index in [0.717, 1.165) is 0 Å². The van der Waals surface area contributed by atoms with Crippen molar-refractivity contribution in [2.45, 2.75) is 4.90 Å². The zero-order valence-corrected chi connectivity index (χ0v) is 15.7. The summed E-state index contributed by atoms with van der Waals surface area (Å²) >= 11 is 0. The summed E-state index contributed by atoms with van der Waals surface area (Å²) in [5.41, 5.74) is 6.25. The van der Waals surface area contributed by atoms with Crippen molar-refractivity contribution < 1.29 is 47.3 Å². The van der Waals surface area contributed by atoms with Crippen LogP contribution in [0.3, 0.4) is 0 Å². The van der Waals surface area contributed by atoms with Gasteiger partial charge in [-0.25, -0.2) is 8.42 Å². The van der Waals surface area contributed by atoms with Crippen LogP contribution in [0.5, 0.6) is 0 Å². The Morgan fingerprint density at radius 3 is 2.04 bits per heavy atom. The summed E-state index contributed by atoms with van der Waals surface area (Å²) in [5, 5.41) is 0.534. The van der Waals surface area contributed by atoms with Gasteiger partial charge in [0.25, 0.3) is 0 Å². The normalized spacial score (nSPS) is 11.0. The molecular weight excluding hydrogens is 337 g/mol. The Bertz CT molecular complexity index is 1020. The Balaban J connectivity index is 0.00000208. The molecule has 0 aromatic heterocycles. The Morgan fingerprint density at radius 2 is 1.46 bits per heavy atom. The van der Waals surface area contributed by atoms with Crippen molar-refractivity contribution in [2.24, 2.45) is 0 Å². The van der Waals surface area contributed by atoms with Crippen LogP contribution in [0.4, 0.5) is 5.69 Å².